The van der Waals surface area contributed by atoms with Gasteiger partial charge in [-0.2, -0.15) is 0 Å². The summed E-state index contributed by atoms with van der Waals surface area (Å²) in [4.78, 5) is 11.0. The van der Waals surface area contributed by atoms with Crippen molar-refractivity contribution >= 4 is 29.1 Å². The highest BCUT2D eigenvalue weighted by Gasteiger charge is 2.00. The minimum absolute atomic E-state index is 0.412. The van der Waals surface area contributed by atoms with Crippen LogP contribution < -0.4 is 16.0 Å². The van der Waals surface area contributed by atoms with E-state index >= 15 is 0 Å². The first-order chi connectivity index (χ1) is 12.2. The normalized spacial score (nSPS) is 9.96. The minimum Gasteiger partial charge on any atom is -0.453 e. The maximum atomic E-state index is 11.0. The second-order valence-corrected chi connectivity index (χ2v) is 5.89. The summed E-state index contributed by atoms with van der Waals surface area (Å²) in [6, 6.07) is 18.2. The van der Waals surface area contributed by atoms with Gasteiger partial charge in [-0.1, -0.05) is 42.5 Å². The third-order valence-electron chi connectivity index (χ3n) is 3.62. The molecule has 0 spiro atoms. The fraction of sp³-hybridized carbons (Fsp3) is 0.263. The molecular weight excluding hydrogens is 334 g/mol. The third-order valence-corrected chi connectivity index (χ3v) is 3.87. The predicted octanol–water partition coefficient (Wildman–Crippen LogP) is 3.11. The molecule has 6 heteroatoms. The lowest BCUT2D eigenvalue weighted by Crippen LogP contribution is -2.30. The topological polar surface area (TPSA) is 62.4 Å². The molecule has 0 heterocycles. The van der Waals surface area contributed by atoms with Crippen LogP contribution in [-0.2, 0) is 17.6 Å². The molecular formula is C19H23N3O2S. The molecule has 0 fully saturated rings. The number of carbonyl (C=O) groups is 1. The lowest BCUT2D eigenvalue weighted by Gasteiger charge is -2.11. The number of rotatable bonds is 7. The Morgan fingerprint density at radius 1 is 0.920 bits per heavy atom. The number of amides is 1. The molecule has 3 N–H and O–H groups in total. The smallest absolute Gasteiger partial charge is 0.406 e. The average molecular weight is 357 g/mol. The Labute approximate surface area is 153 Å². The second-order valence-electron chi connectivity index (χ2n) is 5.48. The van der Waals surface area contributed by atoms with Crippen LogP contribution in [0.15, 0.2) is 54.6 Å². The van der Waals surface area contributed by atoms with E-state index in [1.165, 1.54) is 12.7 Å². The average Bonchev–Trinajstić information content (AvgIpc) is 2.64. The summed E-state index contributed by atoms with van der Waals surface area (Å²) in [7, 11) is 1.35. The Bertz CT molecular complexity index is 675. The van der Waals surface area contributed by atoms with E-state index in [0.29, 0.717) is 11.7 Å². The van der Waals surface area contributed by atoms with Gasteiger partial charge in [0.15, 0.2) is 5.11 Å². The summed E-state index contributed by atoms with van der Waals surface area (Å²) >= 11 is 5.31. The molecule has 2 rings (SSSR count). The van der Waals surface area contributed by atoms with Crippen LogP contribution in [0.3, 0.4) is 0 Å². The van der Waals surface area contributed by atoms with Gasteiger partial charge in [0.2, 0.25) is 0 Å². The molecule has 25 heavy (non-hydrogen) atoms. The number of hydrogen-bond acceptors (Lipinski definition) is 3. The van der Waals surface area contributed by atoms with E-state index in [0.717, 1.165) is 30.6 Å². The molecule has 5 nitrogen and oxygen atoms in total. The van der Waals surface area contributed by atoms with Gasteiger partial charge in [-0.05, 0) is 48.3 Å². The van der Waals surface area contributed by atoms with Crippen molar-refractivity contribution in [1.82, 2.24) is 10.6 Å². The first kappa shape index (κ1) is 18.7. The van der Waals surface area contributed by atoms with Crippen molar-refractivity contribution in [3.05, 3.63) is 65.7 Å². The standard InChI is InChI=1S/C19H23N3O2S/c1-24-19(23)21-14-12-16-7-9-17(10-8-16)22-18(25)20-13-11-15-5-3-2-4-6-15/h2-10H,11-14H2,1H3,(H,21,23)(H2,20,22,25). The number of anilines is 1. The summed E-state index contributed by atoms with van der Waals surface area (Å²) < 4.78 is 4.53. The summed E-state index contributed by atoms with van der Waals surface area (Å²) in [6.45, 7) is 1.33. The fourth-order valence-electron chi connectivity index (χ4n) is 2.28. The predicted molar refractivity (Wildman–Crippen MR) is 105 cm³/mol. The van der Waals surface area contributed by atoms with E-state index in [2.05, 4.69) is 32.8 Å². The van der Waals surface area contributed by atoms with E-state index < -0.39 is 6.09 Å². The molecule has 0 aromatic heterocycles. The van der Waals surface area contributed by atoms with Gasteiger partial charge >= 0.3 is 6.09 Å². The van der Waals surface area contributed by atoms with E-state index in [4.69, 9.17) is 12.2 Å². The van der Waals surface area contributed by atoms with Gasteiger partial charge < -0.3 is 20.7 Å². The van der Waals surface area contributed by atoms with Crippen molar-refractivity contribution in [3.63, 3.8) is 0 Å². The van der Waals surface area contributed by atoms with E-state index in [9.17, 15) is 4.79 Å². The maximum Gasteiger partial charge on any atom is 0.406 e. The highest BCUT2D eigenvalue weighted by molar-refractivity contribution is 7.80. The molecule has 0 aliphatic carbocycles. The highest BCUT2D eigenvalue weighted by atomic mass is 32.1. The van der Waals surface area contributed by atoms with Gasteiger partial charge in [0.25, 0.3) is 0 Å². The molecule has 0 aliphatic rings. The lowest BCUT2D eigenvalue weighted by molar-refractivity contribution is 0.171. The van der Waals surface area contributed by atoms with Crippen LogP contribution in [0, 0.1) is 0 Å². The fourth-order valence-corrected chi connectivity index (χ4v) is 2.50. The molecule has 132 valence electrons. The Hall–Kier alpha value is -2.60. The molecule has 0 aliphatic heterocycles. The van der Waals surface area contributed by atoms with E-state index in [1.54, 1.807) is 0 Å². The van der Waals surface area contributed by atoms with Crippen LogP contribution >= 0.6 is 12.2 Å². The van der Waals surface area contributed by atoms with E-state index in [1.807, 2.05) is 42.5 Å². The van der Waals surface area contributed by atoms with Crippen molar-refractivity contribution in [2.24, 2.45) is 0 Å². The Kier molecular flexibility index (Phi) is 7.72. The largest absolute Gasteiger partial charge is 0.453 e. The Morgan fingerprint density at radius 3 is 2.16 bits per heavy atom. The summed E-state index contributed by atoms with van der Waals surface area (Å²) in [6.07, 6.45) is 1.26. The van der Waals surface area contributed by atoms with Gasteiger partial charge in [0, 0.05) is 18.8 Å². The molecule has 0 radical (unpaired) electrons. The van der Waals surface area contributed by atoms with Gasteiger partial charge in [-0.15, -0.1) is 0 Å². The first-order valence-corrected chi connectivity index (χ1v) is 8.58. The Balaban J connectivity index is 1.69. The summed E-state index contributed by atoms with van der Waals surface area (Å²) in [5.74, 6) is 0. The molecule has 2 aromatic carbocycles. The van der Waals surface area contributed by atoms with Crippen LogP contribution in [0.5, 0.6) is 0 Å². The Morgan fingerprint density at radius 2 is 1.52 bits per heavy atom. The van der Waals surface area contributed by atoms with Gasteiger partial charge in [-0.25, -0.2) is 4.79 Å². The highest BCUT2D eigenvalue weighted by Crippen LogP contribution is 2.10. The lowest BCUT2D eigenvalue weighted by atomic mass is 10.1. The molecule has 0 saturated heterocycles. The molecule has 1 amide bonds. The van der Waals surface area contributed by atoms with Crippen LogP contribution in [-0.4, -0.2) is 31.4 Å². The SMILES string of the molecule is COC(=O)NCCc1ccc(NC(=S)NCCc2ccccc2)cc1. The first-order valence-electron chi connectivity index (χ1n) is 8.17. The second kappa shape index (κ2) is 10.3. The zero-order chi connectivity index (χ0) is 17.9. The van der Waals surface area contributed by atoms with Gasteiger partial charge in [0.1, 0.15) is 0 Å². The van der Waals surface area contributed by atoms with Crippen molar-refractivity contribution in [1.29, 1.82) is 0 Å². The van der Waals surface area contributed by atoms with Crippen molar-refractivity contribution < 1.29 is 9.53 Å². The number of thiocarbonyl (C=S) groups is 1. The molecule has 2 aromatic rings. The van der Waals surface area contributed by atoms with Gasteiger partial charge in [0.05, 0.1) is 7.11 Å². The number of carbonyl (C=O) groups excluding carboxylic acids is 1. The minimum atomic E-state index is -0.412. The number of hydrogen-bond donors (Lipinski definition) is 3. The quantitative estimate of drug-likeness (QED) is 0.665. The monoisotopic (exact) mass is 357 g/mol. The van der Waals surface area contributed by atoms with Crippen molar-refractivity contribution in [2.75, 3.05) is 25.5 Å². The molecule has 0 atom stereocenters. The van der Waals surface area contributed by atoms with Crippen molar-refractivity contribution in [2.45, 2.75) is 12.8 Å². The number of benzene rings is 2. The molecule has 0 saturated carbocycles. The summed E-state index contributed by atoms with van der Waals surface area (Å²) in [5, 5.41) is 9.64. The van der Waals surface area contributed by atoms with Crippen LogP contribution in [0.1, 0.15) is 11.1 Å². The van der Waals surface area contributed by atoms with E-state index in [-0.39, 0.29) is 0 Å². The zero-order valence-corrected chi connectivity index (χ0v) is 15.1. The van der Waals surface area contributed by atoms with Crippen LogP contribution in [0.25, 0.3) is 0 Å². The maximum absolute atomic E-state index is 11.0. The van der Waals surface area contributed by atoms with Crippen LogP contribution in [0.4, 0.5) is 10.5 Å². The third kappa shape index (κ3) is 7.22. The van der Waals surface area contributed by atoms with Gasteiger partial charge in [-0.3, -0.25) is 0 Å². The zero-order valence-electron chi connectivity index (χ0n) is 14.2. The number of nitrogens with one attached hydrogen (secondary N) is 3. The molecule has 0 bridgehead atoms. The molecule has 0 unspecified atom stereocenters. The van der Waals surface area contributed by atoms with Crippen molar-refractivity contribution in [3.8, 4) is 0 Å². The number of alkyl carbamates (subject to hydrolysis) is 1. The number of ether oxygens (including phenoxy) is 1. The summed E-state index contributed by atoms with van der Waals surface area (Å²) in [5.41, 5.74) is 3.34. The number of methoxy groups -OCH3 is 1. The van der Waals surface area contributed by atoms with Crippen LogP contribution in [0.2, 0.25) is 0 Å².